The quantitative estimate of drug-likeness (QED) is 0.862. The van der Waals surface area contributed by atoms with Gasteiger partial charge in [0, 0.05) is 24.0 Å². The van der Waals surface area contributed by atoms with Gasteiger partial charge in [0.25, 0.3) is 0 Å². The summed E-state index contributed by atoms with van der Waals surface area (Å²) >= 11 is 1.92. The summed E-state index contributed by atoms with van der Waals surface area (Å²) in [6.45, 7) is 3.38. The average molecular weight is 237 g/mol. The van der Waals surface area contributed by atoms with Gasteiger partial charge in [-0.3, -0.25) is 0 Å². The van der Waals surface area contributed by atoms with Gasteiger partial charge >= 0.3 is 0 Å². The maximum Gasteiger partial charge on any atom is 0.107 e. The predicted octanol–water partition coefficient (Wildman–Crippen LogP) is 1.43. The minimum Gasteiger partial charge on any atom is -0.306 e. The van der Waals surface area contributed by atoms with E-state index in [2.05, 4.69) is 17.3 Å². The van der Waals surface area contributed by atoms with Crippen LogP contribution in [0, 0.1) is 0 Å². The van der Waals surface area contributed by atoms with Gasteiger partial charge in [-0.1, -0.05) is 0 Å². The topological polar surface area (TPSA) is 28.2 Å². The van der Waals surface area contributed by atoms with Gasteiger partial charge in [0.1, 0.15) is 5.01 Å². The van der Waals surface area contributed by atoms with E-state index in [-0.39, 0.29) is 0 Å². The number of nitrogens with zero attached hydrogens (tertiary/aromatic N) is 2. The van der Waals surface area contributed by atoms with E-state index < -0.39 is 0 Å². The van der Waals surface area contributed by atoms with Gasteiger partial charge in [-0.05, 0) is 39.3 Å². The molecule has 1 aliphatic heterocycles. The highest BCUT2D eigenvalue weighted by Gasteiger charge is 2.20. The molecule has 16 heavy (non-hydrogen) atoms. The molecule has 0 amide bonds. The summed E-state index contributed by atoms with van der Waals surface area (Å²) < 4.78 is 0. The minimum atomic E-state index is 0.670. The second-order valence-electron chi connectivity index (χ2n) is 4.96. The van der Waals surface area contributed by atoms with E-state index in [1.165, 1.54) is 49.5 Å². The zero-order valence-corrected chi connectivity index (χ0v) is 10.6. The zero-order chi connectivity index (χ0) is 11.0. The molecule has 0 saturated carbocycles. The summed E-state index contributed by atoms with van der Waals surface area (Å²) in [6.07, 6.45) is 5.06. The first-order valence-electron chi connectivity index (χ1n) is 6.20. The third-order valence-electron chi connectivity index (χ3n) is 3.57. The molecule has 1 aliphatic carbocycles. The molecule has 3 nitrogen and oxygen atoms in total. The number of rotatable bonds is 3. The molecule has 4 heteroatoms. The fourth-order valence-corrected chi connectivity index (χ4v) is 3.76. The average Bonchev–Trinajstić information content (AvgIpc) is 2.89. The van der Waals surface area contributed by atoms with Gasteiger partial charge in [0.05, 0.1) is 5.69 Å². The summed E-state index contributed by atoms with van der Waals surface area (Å²) in [5.74, 6) is 0. The zero-order valence-electron chi connectivity index (χ0n) is 9.83. The van der Waals surface area contributed by atoms with Crippen LogP contribution in [-0.4, -0.2) is 36.1 Å². The van der Waals surface area contributed by atoms with E-state index in [4.69, 9.17) is 4.98 Å². The molecular weight excluding hydrogens is 218 g/mol. The van der Waals surface area contributed by atoms with E-state index in [1.807, 2.05) is 11.3 Å². The summed E-state index contributed by atoms with van der Waals surface area (Å²) in [5.41, 5.74) is 1.38. The SMILES string of the molecule is CN1CCC(NCc2nc3c(s2)CCC3)C1. The molecule has 1 fully saturated rings. The lowest BCUT2D eigenvalue weighted by Crippen LogP contribution is -2.30. The fraction of sp³-hybridized carbons (Fsp3) is 0.750. The van der Waals surface area contributed by atoms with Crippen molar-refractivity contribution in [1.29, 1.82) is 0 Å². The lowest BCUT2D eigenvalue weighted by molar-refractivity contribution is 0.397. The Balaban J connectivity index is 1.54. The van der Waals surface area contributed by atoms with Gasteiger partial charge in [-0.15, -0.1) is 11.3 Å². The summed E-state index contributed by atoms with van der Waals surface area (Å²) in [7, 11) is 2.19. The van der Waals surface area contributed by atoms with Crippen LogP contribution in [0.15, 0.2) is 0 Å². The molecule has 0 aromatic carbocycles. The Morgan fingerprint density at radius 2 is 2.44 bits per heavy atom. The first-order chi connectivity index (χ1) is 7.81. The molecule has 1 aromatic rings. The number of aryl methyl sites for hydroxylation is 2. The van der Waals surface area contributed by atoms with Crippen molar-refractivity contribution < 1.29 is 0 Å². The molecule has 0 bridgehead atoms. The Morgan fingerprint density at radius 3 is 3.19 bits per heavy atom. The maximum absolute atomic E-state index is 4.71. The highest BCUT2D eigenvalue weighted by Crippen LogP contribution is 2.27. The lowest BCUT2D eigenvalue weighted by atomic mass is 10.2. The highest BCUT2D eigenvalue weighted by atomic mass is 32.1. The van der Waals surface area contributed by atoms with Crippen LogP contribution in [0.3, 0.4) is 0 Å². The molecular formula is C12H19N3S. The number of likely N-dealkylation sites (N-methyl/N-ethyl adjacent to an activating group) is 1. The van der Waals surface area contributed by atoms with Crippen LogP contribution in [0.4, 0.5) is 0 Å². The van der Waals surface area contributed by atoms with E-state index >= 15 is 0 Å². The molecule has 1 aromatic heterocycles. The maximum atomic E-state index is 4.71. The molecule has 2 heterocycles. The van der Waals surface area contributed by atoms with Crippen LogP contribution in [0.2, 0.25) is 0 Å². The number of hydrogen-bond acceptors (Lipinski definition) is 4. The fourth-order valence-electron chi connectivity index (χ4n) is 2.65. The first kappa shape index (κ1) is 10.7. The molecule has 3 rings (SSSR count). The Hall–Kier alpha value is -0.450. The monoisotopic (exact) mass is 237 g/mol. The smallest absolute Gasteiger partial charge is 0.107 e. The number of fused-ring (bicyclic) bond motifs is 1. The Morgan fingerprint density at radius 1 is 1.50 bits per heavy atom. The largest absolute Gasteiger partial charge is 0.306 e. The van der Waals surface area contributed by atoms with E-state index in [9.17, 15) is 0 Å². The number of thiazole rings is 1. The second-order valence-corrected chi connectivity index (χ2v) is 6.13. The molecule has 1 saturated heterocycles. The highest BCUT2D eigenvalue weighted by molar-refractivity contribution is 7.11. The number of hydrogen-bond donors (Lipinski definition) is 1. The first-order valence-corrected chi connectivity index (χ1v) is 7.02. The Bertz CT molecular complexity index is 353. The Kier molecular flexibility index (Phi) is 2.96. The Labute approximate surface area is 101 Å². The number of likely N-dealkylation sites (tertiary alicyclic amines) is 1. The van der Waals surface area contributed by atoms with Crippen LogP contribution in [0.5, 0.6) is 0 Å². The van der Waals surface area contributed by atoms with E-state index in [0.29, 0.717) is 6.04 Å². The van der Waals surface area contributed by atoms with Crippen molar-refractivity contribution in [3.8, 4) is 0 Å². The van der Waals surface area contributed by atoms with Crippen molar-refractivity contribution >= 4 is 11.3 Å². The van der Waals surface area contributed by atoms with Crippen molar-refractivity contribution in [3.05, 3.63) is 15.6 Å². The molecule has 0 spiro atoms. The van der Waals surface area contributed by atoms with Crippen molar-refractivity contribution in [3.63, 3.8) is 0 Å². The van der Waals surface area contributed by atoms with E-state index in [1.54, 1.807) is 4.88 Å². The number of aromatic nitrogens is 1. The van der Waals surface area contributed by atoms with Crippen LogP contribution in [0.1, 0.15) is 28.4 Å². The van der Waals surface area contributed by atoms with Crippen LogP contribution >= 0.6 is 11.3 Å². The summed E-state index contributed by atoms with van der Waals surface area (Å²) in [5, 5.41) is 4.91. The van der Waals surface area contributed by atoms with Gasteiger partial charge in [-0.2, -0.15) is 0 Å². The van der Waals surface area contributed by atoms with Crippen molar-refractivity contribution in [2.45, 2.75) is 38.3 Å². The number of nitrogens with one attached hydrogen (secondary N) is 1. The summed E-state index contributed by atoms with van der Waals surface area (Å²) in [4.78, 5) is 8.64. The molecule has 0 radical (unpaired) electrons. The van der Waals surface area contributed by atoms with Crippen LogP contribution < -0.4 is 5.32 Å². The summed E-state index contributed by atoms with van der Waals surface area (Å²) in [6, 6.07) is 0.670. The molecule has 1 unspecified atom stereocenters. The molecule has 88 valence electrons. The standard InChI is InChI=1S/C12H19N3S/c1-15-6-5-9(8-15)13-7-12-14-10-3-2-4-11(10)16-12/h9,13H,2-8H2,1H3. The van der Waals surface area contributed by atoms with Gasteiger partial charge < -0.3 is 10.2 Å². The third kappa shape index (κ3) is 2.14. The van der Waals surface area contributed by atoms with Crippen molar-refractivity contribution in [1.82, 2.24) is 15.2 Å². The van der Waals surface area contributed by atoms with Crippen molar-refractivity contribution in [2.24, 2.45) is 0 Å². The van der Waals surface area contributed by atoms with Gasteiger partial charge in [0.2, 0.25) is 0 Å². The van der Waals surface area contributed by atoms with Gasteiger partial charge in [0.15, 0.2) is 0 Å². The normalized spacial score (nSPS) is 25.2. The van der Waals surface area contributed by atoms with Crippen molar-refractivity contribution in [2.75, 3.05) is 20.1 Å². The van der Waals surface area contributed by atoms with E-state index in [0.717, 1.165) is 6.54 Å². The third-order valence-corrected chi connectivity index (χ3v) is 4.73. The minimum absolute atomic E-state index is 0.670. The molecule has 1 N–H and O–H groups in total. The van der Waals surface area contributed by atoms with Gasteiger partial charge in [-0.25, -0.2) is 4.98 Å². The lowest BCUT2D eigenvalue weighted by Gasteiger charge is -2.11. The predicted molar refractivity (Wildman–Crippen MR) is 66.9 cm³/mol. The molecule has 2 aliphatic rings. The second kappa shape index (κ2) is 4.43. The molecule has 1 atom stereocenters. The van der Waals surface area contributed by atoms with Crippen LogP contribution in [0.25, 0.3) is 0 Å². The van der Waals surface area contributed by atoms with Crippen LogP contribution in [-0.2, 0) is 19.4 Å².